The molecular formula is C12H18N2O3. The van der Waals surface area contributed by atoms with Gasteiger partial charge in [-0.25, -0.2) is 4.79 Å². The van der Waals surface area contributed by atoms with E-state index in [0.29, 0.717) is 6.54 Å². The number of carbonyl (C=O) groups is 1. The molecule has 0 saturated carbocycles. The molecule has 0 fully saturated rings. The molecule has 2 N–H and O–H groups in total. The first kappa shape index (κ1) is 13.2. The van der Waals surface area contributed by atoms with E-state index in [-0.39, 0.29) is 6.03 Å². The minimum atomic E-state index is -0.222. The monoisotopic (exact) mass is 238 g/mol. The maximum absolute atomic E-state index is 11.1. The highest BCUT2D eigenvalue weighted by atomic mass is 16.5. The Labute approximate surface area is 101 Å². The summed E-state index contributed by atoms with van der Waals surface area (Å²) in [7, 11) is 4.79. The zero-order valence-corrected chi connectivity index (χ0v) is 10.6. The number of amides is 2. The maximum Gasteiger partial charge on any atom is 0.314 e. The third-order valence-electron chi connectivity index (χ3n) is 2.53. The lowest BCUT2D eigenvalue weighted by atomic mass is 10.1. The minimum absolute atomic E-state index is 0.222. The summed E-state index contributed by atoms with van der Waals surface area (Å²) in [6, 6.07) is 3.51. The van der Waals surface area contributed by atoms with Gasteiger partial charge in [-0.05, 0) is 19.1 Å². The molecule has 17 heavy (non-hydrogen) atoms. The molecule has 5 nitrogen and oxygen atoms in total. The van der Waals surface area contributed by atoms with Gasteiger partial charge in [0.1, 0.15) is 11.5 Å². The summed E-state index contributed by atoms with van der Waals surface area (Å²) in [5.41, 5.74) is 1.83. The van der Waals surface area contributed by atoms with Crippen LogP contribution in [0.15, 0.2) is 12.1 Å². The van der Waals surface area contributed by atoms with Crippen molar-refractivity contribution in [1.29, 1.82) is 0 Å². The predicted octanol–water partition coefficient (Wildman–Crippen LogP) is 1.44. The summed E-state index contributed by atoms with van der Waals surface area (Å²) in [4.78, 5) is 11.1. The average molecular weight is 238 g/mol. The van der Waals surface area contributed by atoms with E-state index in [4.69, 9.17) is 9.47 Å². The lowest BCUT2D eigenvalue weighted by Gasteiger charge is -2.14. The normalized spacial score (nSPS) is 9.65. The molecule has 0 atom stereocenters. The molecule has 1 rings (SSSR count). The Morgan fingerprint density at radius 2 is 2.00 bits per heavy atom. The van der Waals surface area contributed by atoms with Crippen LogP contribution in [0.4, 0.5) is 4.79 Å². The van der Waals surface area contributed by atoms with Crippen LogP contribution in [-0.2, 0) is 6.54 Å². The smallest absolute Gasteiger partial charge is 0.314 e. The molecule has 0 bridgehead atoms. The molecule has 1 aromatic rings. The second-order valence-corrected chi connectivity index (χ2v) is 3.52. The molecule has 5 heteroatoms. The van der Waals surface area contributed by atoms with Gasteiger partial charge in [0.15, 0.2) is 0 Å². The van der Waals surface area contributed by atoms with Gasteiger partial charge in [-0.2, -0.15) is 0 Å². The van der Waals surface area contributed by atoms with E-state index >= 15 is 0 Å². The van der Waals surface area contributed by atoms with Crippen molar-refractivity contribution in [2.75, 3.05) is 21.3 Å². The van der Waals surface area contributed by atoms with Crippen molar-refractivity contribution >= 4 is 6.03 Å². The maximum atomic E-state index is 11.1. The van der Waals surface area contributed by atoms with Crippen LogP contribution >= 0.6 is 0 Å². The summed E-state index contributed by atoms with van der Waals surface area (Å²) in [5, 5.41) is 5.21. The van der Waals surface area contributed by atoms with Crippen molar-refractivity contribution < 1.29 is 14.3 Å². The van der Waals surface area contributed by atoms with Crippen molar-refractivity contribution in [3.63, 3.8) is 0 Å². The van der Waals surface area contributed by atoms with Gasteiger partial charge in [-0.15, -0.1) is 0 Å². The van der Waals surface area contributed by atoms with Crippen molar-refractivity contribution in [1.82, 2.24) is 10.6 Å². The quantitative estimate of drug-likeness (QED) is 0.834. The van der Waals surface area contributed by atoms with E-state index in [2.05, 4.69) is 10.6 Å². The van der Waals surface area contributed by atoms with Gasteiger partial charge >= 0.3 is 6.03 Å². The first-order valence-corrected chi connectivity index (χ1v) is 5.30. The van der Waals surface area contributed by atoms with Crippen molar-refractivity contribution in [3.05, 3.63) is 23.3 Å². The van der Waals surface area contributed by atoms with Gasteiger partial charge in [0.25, 0.3) is 0 Å². The molecular weight excluding hydrogens is 220 g/mol. The highest BCUT2D eigenvalue weighted by molar-refractivity contribution is 5.73. The Kier molecular flexibility index (Phi) is 4.63. The summed E-state index contributed by atoms with van der Waals surface area (Å²) < 4.78 is 10.5. The topological polar surface area (TPSA) is 59.6 Å². The van der Waals surface area contributed by atoms with Gasteiger partial charge < -0.3 is 20.1 Å². The van der Waals surface area contributed by atoms with E-state index < -0.39 is 0 Å². The van der Waals surface area contributed by atoms with E-state index in [9.17, 15) is 4.79 Å². The van der Waals surface area contributed by atoms with Crippen LogP contribution in [0.5, 0.6) is 11.5 Å². The lowest BCUT2D eigenvalue weighted by molar-refractivity contribution is 0.242. The molecule has 0 unspecified atom stereocenters. The van der Waals surface area contributed by atoms with Crippen LogP contribution in [0.25, 0.3) is 0 Å². The van der Waals surface area contributed by atoms with Gasteiger partial charge in [0.2, 0.25) is 0 Å². The standard InChI is InChI=1S/C12H18N2O3/c1-8-10(16-3)6-5-9(11(8)17-4)7-14-12(15)13-2/h5-6H,7H2,1-4H3,(H2,13,14,15). The molecule has 1 aromatic carbocycles. The lowest BCUT2D eigenvalue weighted by Crippen LogP contribution is -2.32. The molecule has 0 aliphatic carbocycles. The highest BCUT2D eigenvalue weighted by Crippen LogP contribution is 2.31. The minimum Gasteiger partial charge on any atom is -0.496 e. The number of hydrogen-bond acceptors (Lipinski definition) is 3. The van der Waals surface area contributed by atoms with Crippen LogP contribution in [-0.4, -0.2) is 27.3 Å². The van der Waals surface area contributed by atoms with E-state index in [1.807, 2.05) is 19.1 Å². The molecule has 0 aliphatic heterocycles. The van der Waals surface area contributed by atoms with E-state index in [1.54, 1.807) is 21.3 Å². The number of methoxy groups -OCH3 is 2. The SMILES string of the molecule is CNC(=O)NCc1ccc(OC)c(C)c1OC. The third kappa shape index (κ3) is 3.03. The Morgan fingerprint density at radius 1 is 1.29 bits per heavy atom. The van der Waals surface area contributed by atoms with Crippen LogP contribution in [0.2, 0.25) is 0 Å². The molecule has 94 valence electrons. The first-order chi connectivity index (χ1) is 8.13. The molecule has 0 aliphatic rings. The Balaban J connectivity index is 2.92. The molecule has 0 saturated heterocycles. The molecule has 2 amide bonds. The summed E-state index contributed by atoms with van der Waals surface area (Å²) in [6.45, 7) is 2.33. The molecule has 0 radical (unpaired) electrons. The Morgan fingerprint density at radius 3 is 2.53 bits per heavy atom. The fraction of sp³-hybridized carbons (Fsp3) is 0.417. The van der Waals surface area contributed by atoms with Crippen LogP contribution < -0.4 is 20.1 Å². The first-order valence-electron chi connectivity index (χ1n) is 5.30. The number of rotatable bonds is 4. The second kappa shape index (κ2) is 5.98. The fourth-order valence-electron chi connectivity index (χ4n) is 1.64. The summed E-state index contributed by atoms with van der Waals surface area (Å²) in [6.07, 6.45) is 0. The number of urea groups is 1. The zero-order valence-electron chi connectivity index (χ0n) is 10.6. The Bertz CT molecular complexity index is 405. The fourth-order valence-corrected chi connectivity index (χ4v) is 1.64. The zero-order chi connectivity index (χ0) is 12.8. The molecule has 0 heterocycles. The van der Waals surface area contributed by atoms with Gasteiger partial charge in [-0.1, -0.05) is 0 Å². The average Bonchev–Trinajstić information content (AvgIpc) is 2.35. The van der Waals surface area contributed by atoms with Gasteiger partial charge in [0.05, 0.1) is 14.2 Å². The number of nitrogens with one attached hydrogen (secondary N) is 2. The largest absolute Gasteiger partial charge is 0.496 e. The number of benzene rings is 1. The Hall–Kier alpha value is -1.91. The van der Waals surface area contributed by atoms with E-state index in [0.717, 1.165) is 22.6 Å². The van der Waals surface area contributed by atoms with Crippen molar-refractivity contribution in [2.45, 2.75) is 13.5 Å². The van der Waals surface area contributed by atoms with Gasteiger partial charge in [-0.3, -0.25) is 0 Å². The molecule has 0 aromatic heterocycles. The van der Waals surface area contributed by atoms with E-state index in [1.165, 1.54) is 0 Å². The van der Waals surface area contributed by atoms with Crippen molar-refractivity contribution in [2.24, 2.45) is 0 Å². The van der Waals surface area contributed by atoms with Crippen molar-refractivity contribution in [3.8, 4) is 11.5 Å². The molecule has 0 spiro atoms. The highest BCUT2D eigenvalue weighted by Gasteiger charge is 2.11. The number of carbonyl (C=O) groups excluding carboxylic acids is 1. The number of hydrogen-bond donors (Lipinski definition) is 2. The second-order valence-electron chi connectivity index (χ2n) is 3.52. The van der Waals surface area contributed by atoms with Gasteiger partial charge in [0, 0.05) is 24.7 Å². The van der Waals surface area contributed by atoms with Crippen LogP contribution in [0, 0.1) is 6.92 Å². The van der Waals surface area contributed by atoms with Crippen LogP contribution in [0.3, 0.4) is 0 Å². The van der Waals surface area contributed by atoms with Crippen LogP contribution in [0.1, 0.15) is 11.1 Å². The third-order valence-corrected chi connectivity index (χ3v) is 2.53. The predicted molar refractivity (Wildman–Crippen MR) is 65.6 cm³/mol. The summed E-state index contributed by atoms with van der Waals surface area (Å²) >= 11 is 0. The summed E-state index contributed by atoms with van der Waals surface area (Å²) in [5.74, 6) is 1.51. The number of ether oxygens (including phenoxy) is 2.